The second-order valence-corrected chi connectivity index (χ2v) is 5.29. The Morgan fingerprint density at radius 1 is 1.21 bits per heavy atom. The first-order valence-electron chi connectivity index (χ1n) is 7.26. The average Bonchev–Trinajstić information content (AvgIpc) is 2.74. The van der Waals surface area contributed by atoms with Gasteiger partial charge in [0.15, 0.2) is 0 Å². The molecular weight excluding hydrogens is 244 g/mol. The number of amides is 2. The molecule has 2 fully saturated rings. The Kier molecular flexibility index (Phi) is 5.60. The second-order valence-electron chi connectivity index (χ2n) is 5.29. The molecule has 2 heterocycles. The molecule has 0 aromatic carbocycles. The van der Waals surface area contributed by atoms with Gasteiger partial charge in [-0.25, -0.2) is 0 Å². The standard InChI is InChI=1S/C13H24N4O2/c18-12(10-17-8-3-5-14-7-9-17)16-11-4-1-2-6-15-13(11)19/h11,14H,1-10H2,(H,15,19)(H,16,18). The van der Waals surface area contributed by atoms with E-state index in [1.54, 1.807) is 0 Å². The van der Waals surface area contributed by atoms with Gasteiger partial charge >= 0.3 is 0 Å². The molecule has 0 saturated carbocycles. The molecule has 2 aliphatic rings. The molecule has 0 aliphatic carbocycles. The van der Waals surface area contributed by atoms with Gasteiger partial charge in [0.2, 0.25) is 11.8 Å². The van der Waals surface area contributed by atoms with Crippen LogP contribution in [0, 0.1) is 0 Å². The molecule has 0 radical (unpaired) electrons. The zero-order valence-electron chi connectivity index (χ0n) is 11.4. The second kappa shape index (κ2) is 7.45. The molecule has 2 amide bonds. The third kappa shape index (κ3) is 4.80. The van der Waals surface area contributed by atoms with Crippen LogP contribution in [0.5, 0.6) is 0 Å². The van der Waals surface area contributed by atoms with Gasteiger partial charge in [0.25, 0.3) is 0 Å². The van der Waals surface area contributed by atoms with Crippen LogP contribution in [0.1, 0.15) is 25.7 Å². The van der Waals surface area contributed by atoms with Gasteiger partial charge in [0, 0.05) is 19.6 Å². The maximum Gasteiger partial charge on any atom is 0.242 e. The minimum atomic E-state index is -0.347. The number of nitrogens with one attached hydrogen (secondary N) is 3. The first-order chi connectivity index (χ1) is 9.25. The first kappa shape index (κ1) is 14.3. The van der Waals surface area contributed by atoms with E-state index in [2.05, 4.69) is 20.9 Å². The van der Waals surface area contributed by atoms with Gasteiger partial charge in [0.05, 0.1) is 6.54 Å². The van der Waals surface area contributed by atoms with Crippen LogP contribution >= 0.6 is 0 Å². The minimum Gasteiger partial charge on any atom is -0.354 e. The summed E-state index contributed by atoms with van der Waals surface area (Å²) in [6.07, 6.45) is 3.80. The first-order valence-corrected chi connectivity index (χ1v) is 7.26. The highest BCUT2D eigenvalue weighted by Crippen LogP contribution is 2.05. The summed E-state index contributed by atoms with van der Waals surface area (Å²) in [6, 6.07) is -0.347. The molecule has 2 rings (SSSR count). The highest BCUT2D eigenvalue weighted by Gasteiger charge is 2.23. The van der Waals surface area contributed by atoms with E-state index in [0.29, 0.717) is 6.54 Å². The van der Waals surface area contributed by atoms with Crippen LogP contribution in [0.4, 0.5) is 0 Å². The fraction of sp³-hybridized carbons (Fsp3) is 0.846. The predicted molar refractivity (Wildman–Crippen MR) is 72.7 cm³/mol. The summed E-state index contributed by atoms with van der Waals surface area (Å²) in [5.74, 6) is -0.0765. The van der Waals surface area contributed by atoms with Gasteiger partial charge in [-0.3, -0.25) is 14.5 Å². The van der Waals surface area contributed by atoms with Crippen molar-refractivity contribution in [2.75, 3.05) is 39.3 Å². The van der Waals surface area contributed by atoms with E-state index in [0.717, 1.165) is 58.4 Å². The van der Waals surface area contributed by atoms with Crippen molar-refractivity contribution in [3.8, 4) is 0 Å². The van der Waals surface area contributed by atoms with Gasteiger partial charge in [-0.05, 0) is 38.8 Å². The smallest absolute Gasteiger partial charge is 0.242 e. The quantitative estimate of drug-likeness (QED) is 0.618. The maximum absolute atomic E-state index is 12.0. The van der Waals surface area contributed by atoms with E-state index in [-0.39, 0.29) is 17.9 Å². The lowest BCUT2D eigenvalue weighted by atomic mass is 10.1. The lowest BCUT2D eigenvalue weighted by Crippen LogP contribution is -2.48. The van der Waals surface area contributed by atoms with E-state index >= 15 is 0 Å². The third-order valence-corrected chi connectivity index (χ3v) is 3.67. The molecule has 1 unspecified atom stereocenters. The maximum atomic E-state index is 12.0. The molecule has 2 saturated heterocycles. The fourth-order valence-electron chi connectivity index (χ4n) is 2.58. The Hall–Kier alpha value is -1.14. The van der Waals surface area contributed by atoms with Crippen molar-refractivity contribution in [3.63, 3.8) is 0 Å². The molecule has 1 atom stereocenters. The summed E-state index contributed by atoms with van der Waals surface area (Å²) in [5.41, 5.74) is 0. The zero-order valence-corrected chi connectivity index (χ0v) is 11.4. The highest BCUT2D eigenvalue weighted by atomic mass is 16.2. The highest BCUT2D eigenvalue weighted by molar-refractivity contribution is 5.88. The summed E-state index contributed by atoms with van der Waals surface area (Å²) in [5, 5.41) is 9.01. The number of nitrogens with zero attached hydrogens (tertiary/aromatic N) is 1. The van der Waals surface area contributed by atoms with Crippen LogP contribution < -0.4 is 16.0 Å². The molecular formula is C13H24N4O2. The fourth-order valence-corrected chi connectivity index (χ4v) is 2.58. The minimum absolute atomic E-state index is 0.0380. The van der Waals surface area contributed by atoms with Crippen LogP contribution in [-0.2, 0) is 9.59 Å². The van der Waals surface area contributed by atoms with E-state index < -0.39 is 0 Å². The van der Waals surface area contributed by atoms with Gasteiger partial charge in [-0.15, -0.1) is 0 Å². The molecule has 108 valence electrons. The molecule has 19 heavy (non-hydrogen) atoms. The number of rotatable bonds is 3. The molecule has 6 heteroatoms. The van der Waals surface area contributed by atoms with Gasteiger partial charge in [-0.2, -0.15) is 0 Å². The molecule has 0 bridgehead atoms. The summed E-state index contributed by atoms with van der Waals surface area (Å²) in [6.45, 7) is 4.90. The van der Waals surface area contributed by atoms with E-state index in [1.807, 2.05) is 0 Å². The van der Waals surface area contributed by atoms with Crippen molar-refractivity contribution in [3.05, 3.63) is 0 Å². The Balaban J connectivity index is 1.77. The number of hydrogen-bond acceptors (Lipinski definition) is 4. The normalized spacial score (nSPS) is 26.1. The summed E-state index contributed by atoms with van der Waals surface area (Å²) >= 11 is 0. The lowest BCUT2D eigenvalue weighted by Gasteiger charge is -2.21. The molecule has 0 aromatic rings. The van der Waals surface area contributed by atoms with Gasteiger partial charge in [0.1, 0.15) is 6.04 Å². The molecule has 2 aliphatic heterocycles. The van der Waals surface area contributed by atoms with Crippen LogP contribution in [0.15, 0.2) is 0 Å². The summed E-state index contributed by atoms with van der Waals surface area (Å²) in [4.78, 5) is 25.9. The Morgan fingerprint density at radius 2 is 2.11 bits per heavy atom. The monoisotopic (exact) mass is 268 g/mol. The Morgan fingerprint density at radius 3 is 3.00 bits per heavy atom. The van der Waals surface area contributed by atoms with Crippen molar-refractivity contribution in [1.29, 1.82) is 0 Å². The van der Waals surface area contributed by atoms with Gasteiger partial charge in [-0.1, -0.05) is 0 Å². The largest absolute Gasteiger partial charge is 0.354 e. The molecule has 0 spiro atoms. The van der Waals surface area contributed by atoms with Crippen LogP contribution in [0.25, 0.3) is 0 Å². The van der Waals surface area contributed by atoms with Crippen LogP contribution in [0.2, 0.25) is 0 Å². The van der Waals surface area contributed by atoms with E-state index in [4.69, 9.17) is 0 Å². The summed E-state index contributed by atoms with van der Waals surface area (Å²) < 4.78 is 0. The number of hydrogen-bond donors (Lipinski definition) is 3. The van der Waals surface area contributed by atoms with Gasteiger partial charge < -0.3 is 16.0 Å². The van der Waals surface area contributed by atoms with Crippen molar-refractivity contribution in [2.45, 2.75) is 31.7 Å². The molecule has 3 N–H and O–H groups in total. The number of carbonyl (C=O) groups is 2. The molecule has 0 aromatic heterocycles. The van der Waals surface area contributed by atoms with Crippen LogP contribution in [0.3, 0.4) is 0 Å². The molecule has 6 nitrogen and oxygen atoms in total. The Labute approximate surface area is 114 Å². The average molecular weight is 268 g/mol. The predicted octanol–water partition coefficient (Wildman–Crippen LogP) is -0.933. The van der Waals surface area contributed by atoms with Crippen molar-refractivity contribution >= 4 is 11.8 Å². The van der Waals surface area contributed by atoms with Crippen molar-refractivity contribution in [2.24, 2.45) is 0 Å². The van der Waals surface area contributed by atoms with E-state index in [9.17, 15) is 9.59 Å². The van der Waals surface area contributed by atoms with Crippen molar-refractivity contribution < 1.29 is 9.59 Å². The number of carbonyl (C=O) groups excluding carboxylic acids is 2. The summed E-state index contributed by atoms with van der Waals surface area (Å²) in [7, 11) is 0. The Bertz CT molecular complexity index is 314. The van der Waals surface area contributed by atoms with Crippen LogP contribution in [-0.4, -0.2) is 62.0 Å². The van der Waals surface area contributed by atoms with E-state index in [1.165, 1.54) is 0 Å². The van der Waals surface area contributed by atoms with Crippen molar-refractivity contribution in [1.82, 2.24) is 20.9 Å². The zero-order chi connectivity index (χ0) is 13.5. The third-order valence-electron chi connectivity index (χ3n) is 3.67. The SMILES string of the molecule is O=C(CN1CCCNCC1)NC1CCCCNC1=O. The lowest BCUT2D eigenvalue weighted by molar-refractivity contribution is -0.129. The topological polar surface area (TPSA) is 73.5 Å².